The van der Waals surface area contributed by atoms with Gasteiger partial charge in [-0.2, -0.15) is 0 Å². The largest absolute Gasteiger partial charge is 0.456 e. The molecule has 1 aliphatic rings. The summed E-state index contributed by atoms with van der Waals surface area (Å²) in [5.74, 6) is 0. The predicted molar refractivity (Wildman–Crippen MR) is 232 cm³/mol. The minimum Gasteiger partial charge on any atom is -0.456 e. The number of furan rings is 1. The topological polar surface area (TPSA) is 16.4 Å². The van der Waals surface area contributed by atoms with E-state index >= 15 is 0 Å². The Balaban J connectivity index is 1.03. The van der Waals surface area contributed by atoms with Crippen LogP contribution in [0, 0.1) is 0 Å². The van der Waals surface area contributed by atoms with Gasteiger partial charge in [0.05, 0.1) is 0 Å². The second-order valence-corrected chi connectivity index (χ2v) is 15.3. The van der Waals surface area contributed by atoms with Crippen molar-refractivity contribution < 1.29 is 4.42 Å². The van der Waals surface area contributed by atoms with E-state index in [0.29, 0.717) is 0 Å². The first-order valence-electron chi connectivity index (χ1n) is 19.1. The first-order valence-corrected chi connectivity index (χ1v) is 19.1. The number of anilines is 3. The van der Waals surface area contributed by atoms with Gasteiger partial charge in [-0.15, -0.1) is 0 Å². The van der Waals surface area contributed by atoms with E-state index in [-0.39, 0.29) is 5.41 Å². The van der Waals surface area contributed by atoms with E-state index in [4.69, 9.17) is 4.42 Å². The molecule has 0 spiro atoms. The van der Waals surface area contributed by atoms with Crippen LogP contribution in [-0.2, 0) is 5.41 Å². The Bertz CT molecular complexity index is 3110. The van der Waals surface area contributed by atoms with Gasteiger partial charge in [-0.3, -0.25) is 0 Å². The van der Waals surface area contributed by atoms with Gasteiger partial charge >= 0.3 is 0 Å². The van der Waals surface area contributed by atoms with Gasteiger partial charge < -0.3 is 9.32 Å². The number of hydrogen-bond donors (Lipinski definition) is 0. The highest BCUT2D eigenvalue weighted by Crippen LogP contribution is 2.51. The van der Waals surface area contributed by atoms with Crippen LogP contribution in [0.2, 0.25) is 0 Å². The molecule has 2 heteroatoms. The Morgan fingerprint density at radius 3 is 1.75 bits per heavy atom. The van der Waals surface area contributed by atoms with Crippen molar-refractivity contribution >= 4 is 60.5 Å². The number of nitrogens with zero attached hydrogens (tertiary/aromatic N) is 1. The van der Waals surface area contributed by atoms with E-state index in [9.17, 15) is 0 Å². The maximum atomic E-state index is 6.25. The smallest absolute Gasteiger partial charge is 0.136 e. The summed E-state index contributed by atoms with van der Waals surface area (Å²) < 4.78 is 6.25. The molecule has 2 nitrogen and oxygen atoms in total. The van der Waals surface area contributed by atoms with Gasteiger partial charge in [-0.25, -0.2) is 0 Å². The Morgan fingerprint density at radius 2 is 0.945 bits per heavy atom. The third kappa shape index (κ3) is 4.95. The summed E-state index contributed by atoms with van der Waals surface area (Å²) in [7, 11) is 0. The lowest BCUT2D eigenvalue weighted by Gasteiger charge is -2.28. The molecular weight excluding hydrogens is 667 g/mol. The molecular formula is C53H37NO. The molecule has 55 heavy (non-hydrogen) atoms. The summed E-state index contributed by atoms with van der Waals surface area (Å²) in [5, 5.41) is 7.38. The normalized spacial score (nSPS) is 13.1. The molecule has 0 aliphatic heterocycles. The summed E-state index contributed by atoms with van der Waals surface area (Å²) in [4.78, 5) is 2.40. The monoisotopic (exact) mass is 703 g/mol. The summed E-state index contributed by atoms with van der Waals surface area (Å²) in [6, 6.07) is 68.5. The fourth-order valence-corrected chi connectivity index (χ4v) is 9.07. The summed E-state index contributed by atoms with van der Waals surface area (Å²) >= 11 is 0. The van der Waals surface area contributed by atoms with Gasteiger partial charge in [0.25, 0.3) is 0 Å². The van der Waals surface area contributed by atoms with Crippen LogP contribution in [0.15, 0.2) is 192 Å². The molecule has 0 amide bonds. The molecule has 0 radical (unpaired) electrons. The van der Waals surface area contributed by atoms with Crippen LogP contribution >= 0.6 is 0 Å². The van der Waals surface area contributed by atoms with Gasteiger partial charge in [0.2, 0.25) is 0 Å². The van der Waals surface area contributed by atoms with E-state index in [1.807, 2.05) is 12.1 Å². The fourth-order valence-electron chi connectivity index (χ4n) is 9.07. The summed E-state index contributed by atoms with van der Waals surface area (Å²) in [6.45, 7) is 4.70. The standard InChI is InChI=1S/C53H37NO/c1-53(2)49-17-9-7-15-44(49)45-30-28-40(33-50(45)53)54(38-24-19-34(20-25-38)36-23-29-47-46-16-8-10-18-51(46)55-52(47)32-36)39-26-21-35(22-27-39)48-31-37-11-3-4-12-41(37)42-13-5-6-14-43(42)48/h3-33H,1-2H3. The van der Waals surface area contributed by atoms with Crippen LogP contribution in [0.3, 0.4) is 0 Å². The minimum absolute atomic E-state index is 0.103. The van der Waals surface area contributed by atoms with Crippen LogP contribution in [0.5, 0.6) is 0 Å². The van der Waals surface area contributed by atoms with Crippen LogP contribution in [0.1, 0.15) is 25.0 Å². The average Bonchev–Trinajstić information content (AvgIpc) is 3.72. The minimum atomic E-state index is -0.103. The predicted octanol–water partition coefficient (Wildman–Crippen LogP) is 15.0. The molecule has 1 aromatic heterocycles. The summed E-state index contributed by atoms with van der Waals surface area (Å²) in [5.41, 5.74) is 15.2. The molecule has 1 heterocycles. The van der Waals surface area contributed by atoms with E-state index in [1.165, 1.54) is 54.9 Å². The van der Waals surface area contributed by atoms with Crippen LogP contribution in [-0.4, -0.2) is 0 Å². The lowest BCUT2D eigenvalue weighted by Crippen LogP contribution is -2.16. The maximum Gasteiger partial charge on any atom is 0.136 e. The molecule has 9 aromatic carbocycles. The van der Waals surface area contributed by atoms with E-state index in [0.717, 1.165) is 50.1 Å². The molecule has 0 bridgehead atoms. The van der Waals surface area contributed by atoms with Gasteiger partial charge in [0.1, 0.15) is 11.2 Å². The Kier molecular flexibility index (Phi) is 6.93. The first-order chi connectivity index (χ1) is 27.0. The number of para-hydroxylation sites is 1. The Labute approximate surface area is 320 Å². The second-order valence-electron chi connectivity index (χ2n) is 15.3. The van der Waals surface area contributed by atoms with E-state index in [1.54, 1.807) is 0 Å². The summed E-state index contributed by atoms with van der Waals surface area (Å²) in [6.07, 6.45) is 0. The van der Waals surface area contributed by atoms with Crippen molar-refractivity contribution in [3.63, 3.8) is 0 Å². The molecule has 0 saturated carbocycles. The van der Waals surface area contributed by atoms with Gasteiger partial charge in [0.15, 0.2) is 0 Å². The molecule has 0 unspecified atom stereocenters. The Hall–Kier alpha value is -6.90. The van der Waals surface area contributed by atoms with Crippen molar-refractivity contribution in [1.29, 1.82) is 0 Å². The number of rotatable bonds is 5. The van der Waals surface area contributed by atoms with E-state index < -0.39 is 0 Å². The molecule has 0 N–H and O–H groups in total. The van der Waals surface area contributed by atoms with Crippen molar-refractivity contribution in [1.82, 2.24) is 0 Å². The number of benzene rings is 9. The zero-order valence-corrected chi connectivity index (χ0v) is 30.8. The molecule has 0 fully saturated rings. The average molecular weight is 704 g/mol. The van der Waals surface area contributed by atoms with Crippen molar-refractivity contribution in [3.05, 3.63) is 199 Å². The SMILES string of the molecule is CC1(C)c2ccccc2-c2ccc(N(c3ccc(-c4ccc5c(c4)oc4ccccc45)cc3)c3ccc(-c4cc5ccccc5c5ccccc45)cc3)cc21. The van der Waals surface area contributed by atoms with Crippen LogP contribution in [0.25, 0.3) is 76.9 Å². The van der Waals surface area contributed by atoms with Gasteiger partial charge in [-0.1, -0.05) is 141 Å². The number of hydrogen-bond acceptors (Lipinski definition) is 2. The van der Waals surface area contributed by atoms with Crippen molar-refractivity contribution in [2.45, 2.75) is 19.3 Å². The van der Waals surface area contributed by atoms with Crippen molar-refractivity contribution in [2.24, 2.45) is 0 Å². The zero-order chi connectivity index (χ0) is 36.7. The quantitative estimate of drug-likeness (QED) is 0.166. The molecule has 11 rings (SSSR count). The molecule has 260 valence electrons. The highest BCUT2D eigenvalue weighted by molar-refractivity contribution is 6.14. The first kappa shape index (κ1) is 31.6. The lowest BCUT2D eigenvalue weighted by molar-refractivity contribution is 0.660. The second kappa shape index (κ2) is 12.1. The van der Waals surface area contributed by atoms with Gasteiger partial charge in [-0.05, 0) is 127 Å². The highest BCUT2D eigenvalue weighted by Gasteiger charge is 2.35. The maximum absolute atomic E-state index is 6.25. The number of fused-ring (bicyclic) bond motifs is 9. The molecule has 0 atom stereocenters. The zero-order valence-electron chi connectivity index (χ0n) is 30.8. The molecule has 10 aromatic rings. The molecule has 0 saturated heterocycles. The van der Waals surface area contributed by atoms with Crippen LogP contribution in [0.4, 0.5) is 17.1 Å². The molecule has 1 aliphatic carbocycles. The van der Waals surface area contributed by atoms with E-state index in [2.05, 4.69) is 195 Å². The third-order valence-electron chi connectivity index (χ3n) is 11.9. The van der Waals surface area contributed by atoms with Crippen molar-refractivity contribution in [2.75, 3.05) is 4.90 Å². The van der Waals surface area contributed by atoms with Crippen molar-refractivity contribution in [3.8, 4) is 33.4 Å². The van der Waals surface area contributed by atoms with Gasteiger partial charge in [0, 0.05) is 33.2 Å². The third-order valence-corrected chi connectivity index (χ3v) is 11.9. The lowest BCUT2D eigenvalue weighted by atomic mass is 9.82. The fraction of sp³-hybridized carbons (Fsp3) is 0.0566. The van der Waals surface area contributed by atoms with Crippen LogP contribution < -0.4 is 4.90 Å². The highest BCUT2D eigenvalue weighted by atomic mass is 16.3. The Morgan fingerprint density at radius 1 is 0.364 bits per heavy atom.